The van der Waals surface area contributed by atoms with Crippen molar-refractivity contribution in [3.05, 3.63) is 16.0 Å². The highest BCUT2D eigenvalue weighted by Gasteiger charge is 2.17. The highest BCUT2D eigenvalue weighted by atomic mass is 32.1. The van der Waals surface area contributed by atoms with Crippen LogP contribution in [0.25, 0.3) is 5.57 Å². The minimum absolute atomic E-state index is 0.0688. The monoisotopic (exact) mass is 385 g/mol. The molecule has 10 heteroatoms. The number of rotatable bonds is 5. The molecule has 1 aromatic rings. The summed E-state index contributed by atoms with van der Waals surface area (Å²) in [5, 5.41) is 19.7. The van der Waals surface area contributed by atoms with E-state index >= 15 is 0 Å². The standard InChI is InChI=1S/C14H21N3O2S.C2H2O4/c1-10(2)19-15-8-12-13(18-4)16-14(20-12)11-6-5-7-17(3)9-11;3-1(4)2(5)6/h6,8,10H,5,7,9H2,1-4H3;(H,3,4)(H,5,6)/b15-8+;. The molecule has 0 bridgehead atoms. The molecule has 1 aliphatic rings. The van der Waals surface area contributed by atoms with Crippen molar-refractivity contribution in [1.29, 1.82) is 0 Å². The van der Waals surface area contributed by atoms with Crippen molar-refractivity contribution >= 4 is 35.1 Å². The Morgan fingerprint density at radius 2 is 2.04 bits per heavy atom. The molecular formula is C16H23N3O6S. The molecule has 0 saturated heterocycles. The van der Waals surface area contributed by atoms with Crippen LogP contribution >= 0.6 is 11.3 Å². The molecule has 0 unspecified atom stereocenters. The number of thiazole rings is 1. The van der Waals surface area contributed by atoms with E-state index in [0.29, 0.717) is 5.88 Å². The number of hydrogen-bond acceptors (Lipinski definition) is 8. The second-order valence-electron chi connectivity index (χ2n) is 5.65. The second-order valence-corrected chi connectivity index (χ2v) is 6.68. The number of ether oxygens (including phenoxy) is 1. The molecule has 0 fully saturated rings. The smallest absolute Gasteiger partial charge is 0.414 e. The predicted molar refractivity (Wildman–Crippen MR) is 97.8 cm³/mol. The highest BCUT2D eigenvalue weighted by molar-refractivity contribution is 7.14. The SMILES string of the molecule is COc1nc(C2=CCCN(C)C2)sc1/C=N/OC(C)C.O=C(O)C(=O)O. The summed E-state index contributed by atoms with van der Waals surface area (Å²) in [4.78, 5) is 31.1. The number of likely N-dealkylation sites (N-methyl/N-ethyl adjacent to an activating group) is 1. The maximum absolute atomic E-state index is 9.10. The van der Waals surface area contributed by atoms with Crippen LogP contribution in [0, 0.1) is 0 Å². The first kappa shape index (κ1) is 21.6. The number of oxime groups is 1. The second kappa shape index (κ2) is 10.5. The zero-order chi connectivity index (χ0) is 19.7. The quantitative estimate of drug-likeness (QED) is 0.447. The minimum atomic E-state index is -1.82. The molecule has 1 aliphatic heterocycles. The summed E-state index contributed by atoms with van der Waals surface area (Å²) in [7, 11) is 3.75. The van der Waals surface area contributed by atoms with Crippen LogP contribution in [-0.4, -0.2) is 71.6 Å². The first-order valence-electron chi connectivity index (χ1n) is 7.82. The van der Waals surface area contributed by atoms with Gasteiger partial charge in [0.2, 0.25) is 5.88 Å². The van der Waals surface area contributed by atoms with Gasteiger partial charge in [-0.25, -0.2) is 14.6 Å². The van der Waals surface area contributed by atoms with E-state index in [2.05, 4.69) is 28.2 Å². The van der Waals surface area contributed by atoms with Crippen LogP contribution < -0.4 is 4.74 Å². The van der Waals surface area contributed by atoms with Crippen LogP contribution in [0.2, 0.25) is 0 Å². The summed E-state index contributed by atoms with van der Waals surface area (Å²) in [6, 6.07) is 0. The molecule has 2 N–H and O–H groups in total. The van der Waals surface area contributed by atoms with E-state index in [-0.39, 0.29) is 6.10 Å². The number of aromatic nitrogens is 1. The topological polar surface area (TPSA) is 122 Å². The van der Waals surface area contributed by atoms with Crippen LogP contribution in [0.3, 0.4) is 0 Å². The van der Waals surface area contributed by atoms with Gasteiger partial charge in [0.25, 0.3) is 0 Å². The molecule has 0 aliphatic carbocycles. The maximum Gasteiger partial charge on any atom is 0.414 e. The van der Waals surface area contributed by atoms with Crippen LogP contribution in [0.1, 0.15) is 30.2 Å². The molecule has 0 amide bonds. The summed E-state index contributed by atoms with van der Waals surface area (Å²) in [5.41, 5.74) is 1.26. The lowest BCUT2D eigenvalue weighted by atomic mass is 10.1. The number of hydrogen-bond donors (Lipinski definition) is 2. The van der Waals surface area contributed by atoms with E-state index in [9.17, 15) is 0 Å². The van der Waals surface area contributed by atoms with Gasteiger partial charge in [0, 0.05) is 13.1 Å². The van der Waals surface area contributed by atoms with Crippen LogP contribution in [0.5, 0.6) is 5.88 Å². The summed E-state index contributed by atoms with van der Waals surface area (Å²) < 4.78 is 5.31. The van der Waals surface area contributed by atoms with Gasteiger partial charge in [-0.15, -0.1) is 11.3 Å². The van der Waals surface area contributed by atoms with E-state index in [1.807, 2.05) is 13.8 Å². The highest BCUT2D eigenvalue weighted by Crippen LogP contribution is 2.30. The summed E-state index contributed by atoms with van der Waals surface area (Å²) in [5.74, 6) is -3.04. The first-order chi connectivity index (χ1) is 12.2. The Morgan fingerprint density at radius 3 is 2.54 bits per heavy atom. The van der Waals surface area contributed by atoms with Gasteiger partial charge in [-0.3, -0.25) is 0 Å². The predicted octanol–water partition coefficient (Wildman–Crippen LogP) is 1.79. The Labute approximate surface area is 155 Å². The first-order valence-corrected chi connectivity index (χ1v) is 8.64. The fourth-order valence-electron chi connectivity index (χ4n) is 1.93. The van der Waals surface area contributed by atoms with Crippen molar-refractivity contribution in [2.75, 3.05) is 27.2 Å². The van der Waals surface area contributed by atoms with Crippen LogP contribution in [0.15, 0.2) is 11.2 Å². The third-order valence-electron chi connectivity index (χ3n) is 3.05. The van der Waals surface area contributed by atoms with E-state index in [0.717, 1.165) is 29.4 Å². The Morgan fingerprint density at radius 1 is 1.38 bits per heavy atom. The van der Waals surface area contributed by atoms with Gasteiger partial charge >= 0.3 is 11.9 Å². The molecule has 0 spiro atoms. The fraction of sp³-hybridized carbons (Fsp3) is 0.500. The van der Waals surface area contributed by atoms with Gasteiger partial charge in [-0.05, 0) is 32.9 Å². The van der Waals surface area contributed by atoms with Crippen molar-refractivity contribution in [2.45, 2.75) is 26.4 Å². The molecule has 2 heterocycles. The van der Waals surface area contributed by atoms with Crippen molar-refractivity contribution in [2.24, 2.45) is 5.16 Å². The maximum atomic E-state index is 9.10. The van der Waals surface area contributed by atoms with Gasteiger partial charge in [0.15, 0.2) is 0 Å². The summed E-state index contributed by atoms with van der Waals surface area (Å²) in [6.45, 7) is 5.91. The van der Waals surface area contributed by atoms with Gasteiger partial charge < -0.3 is 24.7 Å². The minimum Gasteiger partial charge on any atom is -0.480 e. The van der Waals surface area contributed by atoms with E-state index in [1.54, 1.807) is 24.7 Å². The average molecular weight is 385 g/mol. The number of carbonyl (C=O) groups is 2. The lowest BCUT2D eigenvalue weighted by molar-refractivity contribution is -0.159. The molecule has 144 valence electrons. The lowest BCUT2D eigenvalue weighted by Gasteiger charge is -2.21. The molecular weight excluding hydrogens is 362 g/mol. The number of carboxylic acid groups (broad SMARTS) is 2. The number of methoxy groups -OCH3 is 1. The molecule has 9 nitrogen and oxygen atoms in total. The molecule has 26 heavy (non-hydrogen) atoms. The lowest BCUT2D eigenvalue weighted by Crippen LogP contribution is -2.24. The van der Waals surface area contributed by atoms with Gasteiger partial charge in [-0.1, -0.05) is 11.2 Å². The average Bonchev–Trinajstić information content (AvgIpc) is 2.98. The van der Waals surface area contributed by atoms with Gasteiger partial charge in [0.1, 0.15) is 16.0 Å². The van der Waals surface area contributed by atoms with Gasteiger partial charge in [0.05, 0.1) is 13.3 Å². The van der Waals surface area contributed by atoms with Crippen molar-refractivity contribution in [3.63, 3.8) is 0 Å². The molecule has 0 atom stereocenters. The zero-order valence-electron chi connectivity index (χ0n) is 15.1. The molecule has 0 saturated carbocycles. The van der Waals surface area contributed by atoms with E-state index in [1.165, 1.54) is 5.57 Å². The van der Waals surface area contributed by atoms with Crippen molar-refractivity contribution < 1.29 is 29.4 Å². The molecule has 2 rings (SSSR count). The largest absolute Gasteiger partial charge is 0.480 e. The third-order valence-corrected chi connectivity index (χ3v) is 4.10. The Kier molecular flexibility index (Phi) is 8.73. The summed E-state index contributed by atoms with van der Waals surface area (Å²) >= 11 is 1.58. The Balaban J connectivity index is 0.000000487. The van der Waals surface area contributed by atoms with Gasteiger partial charge in [-0.2, -0.15) is 0 Å². The van der Waals surface area contributed by atoms with Crippen LogP contribution in [0.4, 0.5) is 0 Å². The fourth-order valence-corrected chi connectivity index (χ4v) is 2.86. The number of aliphatic carboxylic acids is 2. The Bertz CT molecular complexity index is 672. The number of carboxylic acids is 2. The zero-order valence-corrected chi connectivity index (χ0v) is 15.9. The normalized spacial score (nSPS) is 14.6. The van der Waals surface area contributed by atoms with E-state index < -0.39 is 11.9 Å². The number of nitrogens with zero attached hydrogens (tertiary/aromatic N) is 3. The van der Waals surface area contributed by atoms with Crippen molar-refractivity contribution in [1.82, 2.24) is 9.88 Å². The van der Waals surface area contributed by atoms with Crippen LogP contribution in [-0.2, 0) is 14.4 Å². The molecule has 1 aromatic heterocycles. The molecule has 0 aromatic carbocycles. The third kappa shape index (κ3) is 7.19. The molecule has 0 radical (unpaired) electrons. The summed E-state index contributed by atoms with van der Waals surface area (Å²) in [6.07, 6.45) is 5.06. The Hall–Kier alpha value is -2.46. The van der Waals surface area contributed by atoms with Crippen molar-refractivity contribution in [3.8, 4) is 5.88 Å². The van der Waals surface area contributed by atoms with E-state index in [4.69, 9.17) is 29.4 Å².